The van der Waals surface area contributed by atoms with Crippen molar-refractivity contribution in [1.29, 1.82) is 0 Å². The van der Waals surface area contributed by atoms with Crippen molar-refractivity contribution in [2.45, 2.75) is 13.5 Å². The molecular weight excluding hydrogens is 406 g/mol. The second kappa shape index (κ2) is 9.65. The summed E-state index contributed by atoms with van der Waals surface area (Å²) in [7, 11) is 1.56. The number of methoxy groups -OCH3 is 1. The molecule has 0 unspecified atom stereocenters. The topological polar surface area (TPSA) is 99.1 Å². The maximum Gasteiger partial charge on any atom is 0.251 e. The molecule has 4 rings (SSSR count). The van der Waals surface area contributed by atoms with Crippen LogP contribution in [0.3, 0.4) is 0 Å². The molecule has 160 valence electrons. The maximum atomic E-state index is 12.8. The number of pyridine rings is 2. The molecule has 0 spiro atoms. The summed E-state index contributed by atoms with van der Waals surface area (Å²) in [4.78, 5) is 29.3. The van der Waals surface area contributed by atoms with Crippen LogP contribution in [0.4, 0.5) is 0 Å². The first-order valence-electron chi connectivity index (χ1n) is 9.90. The molecule has 0 saturated heterocycles. The molecule has 1 N–H and O–H groups in total. The van der Waals surface area contributed by atoms with Crippen LogP contribution in [0, 0.1) is 6.92 Å². The predicted octanol–water partition coefficient (Wildman–Crippen LogP) is 3.97. The van der Waals surface area contributed by atoms with E-state index in [0.717, 1.165) is 16.7 Å². The summed E-state index contributed by atoms with van der Waals surface area (Å²) in [6.07, 6.45) is 8.17. The van der Waals surface area contributed by atoms with Crippen LogP contribution >= 0.6 is 0 Å². The Morgan fingerprint density at radius 3 is 2.62 bits per heavy atom. The van der Waals surface area contributed by atoms with Crippen molar-refractivity contribution in [2.75, 3.05) is 7.11 Å². The van der Waals surface area contributed by atoms with E-state index in [4.69, 9.17) is 9.47 Å². The van der Waals surface area contributed by atoms with E-state index in [9.17, 15) is 4.79 Å². The fourth-order valence-electron chi connectivity index (χ4n) is 3.08. The van der Waals surface area contributed by atoms with Crippen LogP contribution in [0.15, 0.2) is 73.6 Å². The Hall–Kier alpha value is -4.33. The largest absolute Gasteiger partial charge is 0.481 e. The van der Waals surface area contributed by atoms with Crippen molar-refractivity contribution in [3.8, 4) is 28.6 Å². The summed E-state index contributed by atoms with van der Waals surface area (Å²) >= 11 is 0. The standard InChI is InChI=1S/C24H21N5O3/c1-16-20(24(30)29-12-17-6-7-23(31-2)28-11-17)4-3-5-22(16)32-19-8-9-27-21(10-19)18-13-25-15-26-14-18/h3-11,13-15H,12H2,1-2H3,(H,29,30). The summed E-state index contributed by atoms with van der Waals surface area (Å²) in [5, 5.41) is 2.92. The minimum atomic E-state index is -0.194. The molecule has 0 bridgehead atoms. The van der Waals surface area contributed by atoms with Gasteiger partial charge in [0.2, 0.25) is 5.88 Å². The molecule has 0 aliphatic rings. The van der Waals surface area contributed by atoms with Crippen molar-refractivity contribution in [2.24, 2.45) is 0 Å². The van der Waals surface area contributed by atoms with Crippen LogP contribution in [-0.4, -0.2) is 33.0 Å². The second-order valence-electron chi connectivity index (χ2n) is 6.93. The zero-order chi connectivity index (χ0) is 22.3. The number of nitrogens with zero attached hydrogens (tertiary/aromatic N) is 4. The van der Waals surface area contributed by atoms with E-state index in [2.05, 4.69) is 25.3 Å². The minimum absolute atomic E-state index is 0.194. The van der Waals surface area contributed by atoms with Crippen LogP contribution in [0.1, 0.15) is 21.5 Å². The summed E-state index contributed by atoms with van der Waals surface area (Å²) < 4.78 is 11.1. The number of ether oxygens (including phenoxy) is 2. The molecule has 0 aliphatic heterocycles. The number of aromatic nitrogens is 4. The first kappa shape index (κ1) is 20.9. The quantitative estimate of drug-likeness (QED) is 0.476. The molecule has 3 aromatic heterocycles. The van der Waals surface area contributed by atoms with Gasteiger partial charge in [-0.1, -0.05) is 12.1 Å². The number of carbonyl (C=O) groups excluding carboxylic acids is 1. The molecule has 32 heavy (non-hydrogen) atoms. The Bertz CT molecular complexity index is 1210. The van der Waals surface area contributed by atoms with Gasteiger partial charge in [-0.25, -0.2) is 15.0 Å². The van der Waals surface area contributed by atoms with E-state index >= 15 is 0 Å². The van der Waals surface area contributed by atoms with Gasteiger partial charge in [0.1, 0.15) is 17.8 Å². The molecule has 0 saturated carbocycles. The van der Waals surface area contributed by atoms with E-state index < -0.39 is 0 Å². The molecular formula is C24H21N5O3. The van der Waals surface area contributed by atoms with E-state index in [1.807, 2.05) is 25.1 Å². The SMILES string of the molecule is COc1ccc(CNC(=O)c2cccc(Oc3ccnc(-c4cncnc4)c3)c2C)cn1. The van der Waals surface area contributed by atoms with Gasteiger partial charge in [-0.3, -0.25) is 9.78 Å². The number of hydrogen-bond acceptors (Lipinski definition) is 7. The zero-order valence-electron chi connectivity index (χ0n) is 17.6. The lowest BCUT2D eigenvalue weighted by Gasteiger charge is -2.13. The highest BCUT2D eigenvalue weighted by atomic mass is 16.5. The maximum absolute atomic E-state index is 12.8. The van der Waals surface area contributed by atoms with Gasteiger partial charge in [-0.05, 0) is 30.7 Å². The summed E-state index contributed by atoms with van der Waals surface area (Å²) in [5.41, 5.74) is 3.63. The molecule has 8 nitrogen and oxygen atoms in total. The Morgan fingerprint density at radius 1 is 1.03 bits per heavy atom. The number of carbonyl (C=O) groups is 1. The number of nitrogens with one attached hydrogen (secondary N) is 1. The molecule has 0 aliphatic carbocycles. The van der Waals surface area contributed by atoms with Crippen molar-refractivity contribution in [1.82, 2.24) is 25.3 Å². The monoisotopic (exact) mass is 427 g/mol. The van der Waals surface area contributed by atoms with Crippen LogP contribution in [0.2, 0.25) is 0 Å². The fraction of sp³-hybridized carbons (Fsp3) is 0.125. The number of rotatable bonds is 7. The van der Waals surface area contributed by atoms with Crippen LogP contribution < -0.4 is 14.8 Å². The summed E-state index contributed by atoms with van der Waals surface area (Å²) in [6, 6.07) is 12.6. The van der Waals surface area contributed by atoms with Gasteiger partial charge in [0, 0.05) is 60.2 Å². The Balaban J connectivity index is 1.48. The first-order valence-corrected chi connectivity index (χ1v) is 9.90. The van der Waals surface area contributed by atoms with Gasteiger partial charge in [-0.2, -0.15) is 0 Å². The highest BCUT2D eigenvalue weighted by molar-refractivity contribution is 5.96. The Kier molecular flexibility index (Phi) is 6.31. The fourth-order valence-corrected chi connectivity index (χ4v) is 3.08. The van der Waals surface area contributed by atoms with Gasteiger partial charge in [0.05, 0.1) is 12.8 Å². The predicted molar refractivity (Wildman–Crippen MR) is 118 cm³/mol. The van der Waals surface area contributed by atoms with E-state index in [1.54, 1.807) is 56.2 Å². The third kappa shape index (κ3) is 4.86. The number of benzene rings is 1. The second-order valence-corrected chi connectivity index (χ2v) is 6.93. The third-order valence-electron chi connectivity index (χ3n) is 4.80. The van der Waals surface area contributed by atoms with Crippen LogP contribution in [-0.2, 0) is 6.54 Å². The molecule has 0 atom stereocenters. The molecule has 0 fully saturated rings. The van der Waals surface area contributed by atoms with Crippen molar-refractivity contribution < 1.29 is 14.3 Å². The van der Waals surface area contributed by atoms with Crippen LogP contribution in [0.25, 0.3) is 11.3 Å². The smallest absolute Gasteiger partial charge is 0.251 e. The molecule has 8 heteroatoms. The van der Waals surface area contributed by atoms with E-state index in [-0.39, 0.29) is 5.91 Å². The molecule has 4 aromatic rings. The normalized spacial score (nSPS) is 10.4. The molecule has 3 heterocycles. The Morgan fingerprint density at radius 2 is 1.88 bits per heavy atom. The van der Waals surface area contributed by atoms with Crippen molar-refractivity contribution in [3.63, 3.8) is 0 Å². The van der Waals surface area contributed by atoms with E-state index in [0.29, 0.717) is 35.2 Å². The van der Waals surface area contributed by atoms with Crippen molar-refractivity contribution in [3.05, 3.63) is 90.3 Å². The number of hydrogen-bond donors (Lipinski definition) is 1. The lowest BCUT2D eigenvalue weighted by atomic mass is 10.1. The van der Waals surface area contributed by atoms with Gasteiger partial charge in [0.25, 0.3) is 5.91 Å². The lowest BCUT2D eigenvalue weighted by Crippen LogP contribution is -2.23. The highest BCUT2D eigenvalue weighted by Gasteiger charge is 2.13. The summed E-state index contributed by atoms with van der Waals surface area (Å²) in [6.45, 7) is 2.21. The highest BCUT2D eigenvalue weighted by Crippen LogP contribution is 2.29. The molecule has 0 radical (unpaired) electrons. The van der Waals surface area contributed by atoms with Gasteiger partial charge in [0.15, 0.2) is 0 Å². The van der Waals surface area contributed by atoms with Crippen LogP contribution in [0.5, 0.6) is 17.4 Å². The zero-order valence-corrected chi connectivity index (χ0v) is 17.6. The van der Waals surface area contributed by atoms with Gasteiger partial charge in [-0.15, -0.1) is 0 Å². The average Bonchev–Trinajstić information content (AvgIpc) is 2.85. The van der Waals surface area contributed by atoms with Gasteiger partial charge >= 0.3 is 0 Å². The third-order valence-corrected chi connectivity index (χ3v) is 4.80. The average molecular weight is 427 g/mol. The Labute approximate surface area is 185 Å². The summed E-state index contributed by atoms with van der Waals surface area (Å²) in [5.74, 6) is 1.52. The minimum Gasteiger partial charge on any atom is -0.481 e. The van der Waals surface area contributed by atoms with Gasteiger partial charge < -0.3 is 14.8 Å². The van der Waals surface area contributed by atoms with E-state index in [1.165, 1.54) is 6.33 Å². The lowest BCUT2D eigenvalue weighted by molar-refractivity contribution is 0.0950. The first-order chi connectivity index (χ1) is 15.6. The number of amides is 1. The molecule has 1 aromatic carbocycles. The molecule has 1 amide bonds. The van der Waals surface area contributed by atoms with Crippen molar-refractivity contribution >= 4 is 5.91 Å².